The van der Waals surface area contributed by atoms with Gasteiger partial charge in [0, 0.05) is 35.5 Å². The molecule has 136 valence electrons. The molecule has 3 aromatic rings. The molecule has 0 aliphatic carbocycles. The number of nitrogens with zero attached hydrogens (tertiary/aromatic N) is 3. The SMILES string of the molecule is N#CCCSc1ccccc1NC(=O)CCc1nc(-c2ccccc2)no1. The lowest BCUT2D eigenvalue weighted by atomic mass is 10.2. The number of aryl methyl sites for hydroxylation is 1. The maximum Gasteiger partial charge on any atom is 0.227 e. The van der Waals surface area contributed by atoms with Crippen LogP contribution < -0.4 is 5.32 Å². The quantitative estimate of drug-likeness (QED) is 0.464. The summed E-state index contributed by atoms with van der Waals surface area (Å²) in [5, 5.41) is 15.5. The van der Waals surface area contributed by atoms with Crippen LogP contribution in [0.3, 0.4) is 0 Å². The van der Waals surface area contributed by atoms with Crippen LogP contribution in [0.1, 0.15) is 18.7 Å². The molecule has 6 nitrogen and oxygen atoms in total. The third-order valence-electron chi connectivity index (χ3n) is 3.70. The summed E-state index contributed by atoms with van der Waals surface area (Å²) in [5.74, 6) is 1.52. The zero-order chi connectivity index (χ0) is 18.9. The average molecular weight is 378 g/mol. The van der Waals surface area contributed by atoms with Gasteiger partial charge in [-0.1, -0.05) is 47.6 Å². The van der Waals surface area contributed by atoms with E-state index < -0.39 is 0 Å². The summed E-state index contributed by atoms with van der Waals surface area (Å²) in [6, 6.07) is 19.2. The van der Waals surface area contributed by atoms with Crippen molar-refractivity contribution >= 4 is 23.4 Å². The van der Waals surface area contributed by atoms with Crippen LogP contribution in [0.15, 0.2) is 64.0 Å². The lowest BCUT2D eigenvalue weighted by molar-refractivity contribution is -0.116. The fourth-order valence-corrected chi connectivity index (χ4v) is 3.26. The first-order valence-corrected chi connectivity index (χ1v) is 9.51. The van der Waals surface area contributed by atoms with Crippen molar-refractivity contribution in [2.45, 2.75) is 24.2 Å². The van der Waals surface area contributed by atoms with E-state index >= 15 is 0 Å². The van der Waals surface area contributed by atoms with E-state index in [1.54, 1.807) is 11.8 Å². The van der Waals surface area contributed by atoms with E-state index in [-0.39, 0.29) is 12.3 Å². The van der Waals surface area contributed by atoms with Gasteiger partial charge in [0.1, 0.15) is 0 Å². The van der Waals surface area contributed by atoms with E-state index in [2.05, 4.69) is 21.5 Å². The van der Waals surface area contributed by atoms with Crippen LogP contribution >= 0.6 is 11.8 Å². The standard InChI is InChI=1S/C20H18N4O2S/c21-13-6-14-27-17-10-5-4-9-16(17)22-18(25)11-12-19-23-20(24-26-19)15-7-2-1-3-8-15/h1-5,7-10H,6,11-12,14H2,(H,22,25). The fraction of sp³-hybridized carbons (Fsp3) is 0.200. The zero-order valence-corrected chi connectivity index (χ0v) is 15.4. The summed E-state index contributed by atoms with van der Waals surface area (Å²) in [6.07, 6.45) is 1.08. The first-order chi connectivity index (χ1) is 13.3. The monoisotopic (exact) mass is 378 g/mol. The molecule has 0 radical (unpaired) electrons. The Morgan fingerprint density at radius 1 is 1.15 bits per heavy atom. The molecule has 7 heteroatoms. The van der Waals surface area contributed by atoms with Crippen molar-refractivity contribution < 1.29 is 9.32 Å². The van der Waals surface area contributed by atoms with Crippen LogP contribution in [0, 0.1) is 11.3 Å². The number of anilines is 1. The van der Waals surface area contributed by atoms with E-state index in [1.807, 2.05) is 54.6 Å². The molecule has 0 atom stereocenters. The van der Waals surface area contributed by atoms with Gasteiger partial charge < -0.3 is 9.84 Å². The number of carbonyl (C=O) groups is 1. The predicted octanol–water partition coefficient (Wildman–Crippen LogP) is 4.31. The number of para-hydroxylation sites is 1. The van der Waals surface area contributed by atoms with Crippen LogP contribution in [0.2, 0.25) is 0 Å². The number of benzene rings is 2. The van der Waals surface area contributed by atoms with Crippen LogP contribution in [-0.4, -0.2) is 21.8 Å². The Morgan fingerprint density at radius 3 is 2.74 bits per heavy atom. The van der Waals surface area contributed by atoms with Crippen molar-refractivity contribution in [1.29, 1.82) is 5.26 Å². The number of amides is 1. The molecule has 0 unspecified atom stereocenters. The molecule has 0 saturated heterocycles. The molecule has 27 heavy (non-hydrogen) atoms. The molecule has 0 aliphatic rings. The number of carbonyl (C=O) groups excluding carboxylic acids is 1. The van der Waals surface area contributed by atoms with E-state index in [0.717, 1.165) is 16.1 Å². The number of nitrogens with one attached hydrogen (secondary N) is 1. The second-order valence-electron chi connectivity index (χ2n) is 5.68. The van der Waals surface area contributed by atoms with Crippen molar-refractivity contribution in [1.82, 2.24) is 10.1 Å². The molecular formula is C20H18N4O2S. The Labute approximate surface area is 161 Å². The molecule has 1 heterocycles. The molecule has 3 rings (SSSR count). The van der Waals surface area contributed by atoms with Crippen molar-refractivity contribution in [3.8, 4) is 17.5 Å². The highest BCUT2D eigenvalue weighted by Gasteiger charge is 2.12. The van der Waals surface area contributed by atoms with Crippen LogP contribution in [0.5, 0.6) is 0 Å². The molecule has 0 saturated carbocycles. The predicted molar refractivity (Wildman–Crippen MR) is 104 cm³/mol. The van der Waals surface area contributed by atoms with Gasteiger partial charge in [0.05, 0.1) is 11.8 Å². The molecule has 1 amide bonds. The molecular weight excluding hydrogens is 360 g/mol. The smallest absolute Gasteiger partial charge is 0.227 e. The summed E-state index contributed by atoms with van der Waals surface area (Å²) in [4.78, 5) is 17.6. The van der Waals surface area contributed by atoms with Crippen molar-refractivity contribution in [2.24, 2.45) is 0 Å². The zero-order valence-electron chi connectivity index (χ0n) is 14.6. The Kier molecular flexibility index (Phi) is 6.61. The van der Waals surface area contributed by atoms with Gasteiger partial charge in [-0.25, -0.2) is 0 Å². The second-order valence-corrected chi connectivity index (χ2v) is 6.82. The number of nitriles is 1. The minimum atomic E-state index is -0.122. The molecule has 2 aromatic carbocycles. The van der Waals surface area contributed by atoms with Crippen LogP contribution in [-0.2, 0) is 11.2 Å². The van der Waals surface area contributed by atoms with Gasteiger partial charge in [-0.3, -0.25) is 4.79 Å². The molecule has 0 spiro atoms. The average Bonchev–Trinajstić information content (AvgIpc) is 3.18. The molecule has 0 fully saturated rings. The molecule has 0 bridgehead atoms. The summed E-state index contributed by atoms with van der Waals surface area (Å²) in [7, 11) is 0. The van der Waals surface area contributed by atoms with Crippen molar-refractivity contribution in [3.05, 3.63) is 60.5 Å². The van der Waals surface area contributed by atoms with Crippen molar-refractivity contribution in [3.63, 3.8) is 0 Å². The third kappa shape index (κ3) is 5.43. The highest BCUT2D eigenvalue weighted by atomic mass is 32.2. The molecule has 1 aromatic heterocycles. The van der Waals surface area contributed by atoms with Gasteiger partial charge in [-0.15, -0.1) is 11.8 Å². The van der Waals surface area contributed by atoms with Gasteiger partial charge in [0.2, 0.25) is 17.6 Å². The summed E-state index contributed by atoms with van der Waals surface area (Å²) >= 11 is 1.55. The van der Waals surface area contributed by atoms with E-state index in [0.29, 0.717) is 30.3 Å². The Balaban J connectivity index is 1.55. The molecule has 1 N–H and O–H groups in total. The highest BCUT2D eigenvalue weighted by molar-refractivity contribution is 7.99. The van der Waals surface area contributed by atoms with Gasteiger partial charge in [-0.05, 0) is 12.1 Å². The molecule has 0 aliphatic heterocycles. The van der Waals surface area contributed by atoms with E-state index in [1.165, 1.54) is 0 Å². The lowest BCUT2D eigenvalue weighted by Gasteiger charge is -2.09. The van der Waals surface area contributed by atoms with Gasteiger partial charge in [0.25, 0.3) is 0 Å². The number of hydrogen-bond acceptors (Lipinski definition) is 6. The number of rotatable bonds is 8. The van der Waals surface area contributed by atoms with E-state index in [4.69, 9.17) is 9.78 Å². The summed E-state index contributed by atoms with van der Waals surface area (Å²) in [6.45, 7) is 0. The number of aromatic nitrogens is 2. The first kappa shape index (κ1) is 18.7. The Bertz CT molecular complexity index is 934. The third-order valence-corrected chi connectivity index (χ3v) is 4.77. The van der Waals surface area contributed by atoms with Crippen LogP contribution in [0.4, 0.5) is 5.69 Å². The van der Waals surface area contributed by atoms with Crippen LogP contribution in [0.25, 0.3) is 11.4 Å². The van der Waals surface area contributed by atoms with E-state index in [9.17, 15) is 4.79 Å². The fourth-order valence-electron chi connectivity index (χ4n) is 2.40. The lowest BCUT2D eigenvalue weighted by Crippen LogP contribution is -2.13. The maximum absolute atomic E-state index is 12.3. The topological polar surface area (TPSA) is 91.8 Å². The van der Waals surface area contributed by atoms with Crippen molar-refractivity contribution in [2.75, 3.05) is 11.1 Å². The normalized spacial score (nSPS) is 10.3. The van der Waals surface area contributed by atoms with Gasteiger partial charge in [0.15, 0.2) is 0 Å². The highest BCUT2D eigenvalue weighted by Crippen LogP contribution is 2.27. The largest absolute Gasteiger partial charge is 0.339 e. The first-order valence-electron chi connectivity index (χ1n) is 8.53. The van der Waals surface area contributed by atoms with Gasteiger partial charge >= 0.3 is 0 Å². The number of thioether (sulfide) groups is 1. The number of hydrogen-bond donors (Lipinski definition) is 1. The minimum absolute atomic E-state index is 0.122. The Hall–Kier alpha value is -3.11. The van der Waals surface area contributed by atoms with Gasteiger partial charge in [-0.2, -0.15) is 10.2 Å². The summed E-state index contributed by atoms with van der Waals surface area (Å²) < 4.78 is 5.23. The second kappa shape index (κ2) is 9.55. The maximum atomic E-state index is 12.3. The minimum Gasteiger partial charge on any atom is -0.339 e. The Morgan fingerprint density at radius 2 is 1.93 bits per heavy atom. The summed E-state index contributed by atoms with van der Waals surface area (Å²) in [5.41, 5.74) is 1.63.